The molecule has 1 aromatic heterocycles. The largest absolute Gasteiger partial charge is 0.343 e. The van der Waals surface area contributed by atoms with Crippen LogP contribution >= 0.6 is 0 Å². The van der Waals surface area contributed by atoms with Gasteiger partial charge in [0.25, 0.3) is 0 Å². The molecule has 2 amide bonds. The summed E-state index contributed by atoms with van der Waals surface area (Å²) in [4.78, 5) is 28.8. The summed E-state index contributed by atoms with van der Waals surface area (Å²) in [6, 6.07) is -0.513. The van der Waals surface area contributed by atoms with Gasteiger partial charge in [0.1, 0.15) is 0 Å². The standard InChI is InChI=1S/C11H16N4O3/c1-7(2)15-10(16)5-8(11(15)17)12-4-3-9-13-6-18-14-9/h6-8,12H,3-5H2,1-2H3. The third kappa shape index (κ3) is 2.56. The van der Waals surface area contributed by atoms with Gasteiger partial charge in [-0.3, -0.25) is 14.5 Å². The minimum absolute atomic E-state index is 0.0889. The molecule has 1 aliphatic heterocycles. The molecule has 1 aromatic rings. The number of amides is 2. The van der Waals surface area contributed by atoms with Crippen molar-refractivity contribution in [1.29, 1.82) is 0 Å². The number of carbonyl (C=O) groups is 2. The highest BCUT2D eigenvalue weighted by atomic mass is 16.5. The van der Waals surface area contributed by atoms with E-state index in [1.165, 1.54) is 11.3 Å². The predicted octanol–water partition coefficient (Wildman–Crippen LogP) is -0.262. The highest BCUT2D eigenvalue weighted by Gasteiger charge is 2.39. The highest BCUT2D eigenvalue weighted by Crippen LogP contribution is 2.15. The SMILES string of the molecule is CC(C)N1C(=O)CC(NCCc2ncon2)C1=O. The van der Waals surface area contributed by atoms with Crippen molar-refractivity contribution in [1.82, 2.24) is 20.4 Å². The predicted molar refractivity (Wildman–Crippen MR) is 61.4 cm³/mol. The highest BCUT2D eigenvalue weighted by molar-refractivity contribution is 6.05. The molecule has 1 unspecified atom stereocenters. The molecule has 7 nitrogen and oxygen atoms in total. The van der Waals surface area contributed by atoms with Gasteiger partial charge in [0.05, 0.1) is 12.5 Å². The number of carbonyl (C=O) groups excluding carboxylic acids is 2. The number of aromatic nitrogens is 2. The van der Waals surface area contributed by atoms with Crippen LogP contribution in [0.5, 0.6) is 0 Å². The fraction of sp³-hybridized carbons (Fsp3) is 0.636. The molecule has 1 N–H and O–H groups in total. The first-order chi connectivity index (χ1) is 8.59. The maximum absolute atomic E-state index is 11.9. The Bertz CT molecular complexity index is 430. The van der Waals surface area contributed by atoms with Crippen molar-refractivity contribution in [2.45, 2.75) is 38.8 Å². The van der Waals surface area contributed by atoms with E-state index in [-0.39, 0.29) is 24.3 Å². The zero-order valence-corrected chi connectivity index (χ0v) is 10.4. The maximum Gasteiger partial charge on any atom is 0.247 e. The molecule has 1 saturated heterocycles. The van der Waals surface area contributed by atoms with Crippen LogP contribution in [0, 0.1) is 0 Å². The lowest BCUT2D eigenvalue weighted by Gasteiger charge is -2.19. The van der Waals surface area contributed by atoms with Crippen molar-refractivity contribution < 1.29 is 14.1 Å². The van der Waals surface area contributed by atoms with E-state index >= 15 is 0 Å². The average molecular weight is 252 g/mol. The maximum atomic E-state index is 11.9. The number of likely N-dealkylation sites (tertiary alicyclic amines) is 1. The van der Waals surface area contributed by atoms with Gasteiger partial charge in [-0.2, -0.15) is 4.98 Å². The lowest BCUT2D eigenvalue weighted by atomic mass is 10.2. The molecule has 2 rings (SSSR count). The average Bonchev–Trinajstić information content (AvgIpc) is 2.88. The van der Waals surface area contributed by atoms with E-state index in [9.17, 15) is 9.59 Å². The Hall–Kier alpha value is -1.76. The molecule has 0 bridgehead atoms. The zero-order chi connectivity index (χ0) is 13.1. The van der Waals surface area contributed by atoms with Crippen LogP contribution in [0.25, 0.3) is 0 Å². The van der Waals surface area contributed by atoms with Gasteiger partial charge in [0.2, 0.25) is 18.2 Å². The first-order valence-corrected chi connectivity index (χ1v) is 5.94. The molecule has 1 aliphatic rings. The van der Waals surface area contributed by atoms with Gasteiger partial charge < -0.3 is 9.84 Å². The minimum Gasteiger partial charge on any atom is -0.343 e. The number of rotatable bonds is 5. The minimum atomic E-state index is -0.424. The van der Waals surface area contributed by atoms with Gasteiger partial charge in [0.15, 0.2) is 5.82 Å². The second kappa shape index (κ2) is 5.26. The number of hydrogen-bond donors (Lipinski definition) is 1. The van der Waals surface area contributed by atoms with E-state index in [0.29, 0.717) is 18.8 Å². The van der Waals surface area contributed by atoms with Gasteiger partial charge >= 0.3 is 0 Å². The molecule has 0 aliphatic carbocycles. The van der Waals surface area contributed by atoms with E-state index in [2.05, 4.69) is 20.0 Å². The second-order valence-corrected chi connectivity index (χ2v) is 4.50. The van der Waals surface area contributed by atoms with Crippen LogP contribution in [0.1, 0.15) is 26.1 Å². The van der Waals surface area contributed by atoms with Crippen LogP contribution in [0.15, 0.2) is 10.9 Å². The summed E-state index contributed by atoms with van der Waals surface area (Å²) >= 11 is 0. The van der Waals surface area contributed by atoms with Crippen molar-refractivity contribution in [2.24, 2.45) is 0 Å². The molecule has 7 heteroatoms. The molecule has 0 radical (unpaired) electrons. The molecule has 0 saturated carbocycles. The summed E-state index contributed by atoms with van der Waals surface area (Å²) in [7, 11) is 0. The summed E-state index contributed by atoms with van der Waals surface area (Å²) < 4.78 is 4.61. The van der Waals surface area contributed by atoms with Crippen LogP contribution < -0.4 is 5.32 Å². The van der Waals surface area contributed by atoms with E-state index in [1.807, 2.05) is 13.8 Å². The Morgan fingerprint density at radius 1 is 1.56 bits per heavy atom. The number of hydrogen-bond acceptors (Lipinski definition) is 6. The lowest BCUT2D eigenvalue weighted by molar-refractivity contribution is -0.140. The molecular weight excluding hydrogens is 236 g/mol. The number of nitrogens with one attached hydrogen (secondary N) is 1. The van der Waals surface area contributed by atoms with Crippen LogP contribution in [0.2, 0.25) is 0 Å². The van der Waals surface area contributed by atoms with E-state index in [0.717, 1.165) is 0 Å². The van der Waals surface area contributed by atoms with Gasteiger partial charge in [0, 0.05) is 19.0 Å². The van der Waals surface area contributed by atoms with Crippen molar-refractivity contribution >= 4 is 11.8 Å². The lowest BCUT2D eigenvalue weighted by Crippen LogP contribution is -2.42. The van der Waals surface area contributed by atoms with Crippen molar-refractivity contribution in [3.63, 3.8) is 0 Å². The first-order valence-electron chi connectivity index (χ1n) is 5.94. The molecule has 0 spiro atoms. The smallest absolute Gasteiger partial charge is 0.247 e. The van der Waals surface area contributed by atoms with E-state index < -0.39 is 6.04 Å². The molecule has 2 heterocycles. The fourth-order valence-corrected chi connectivity index (χ4v) is 2.01. The van der Waals surface area contributed by atoms with E-state index in [4.69, 9.17) is 0 Å². The molecular formula is C11H16N4O3. The van der Waals surface area contributed by atoms with Crippen molar-refractivity contribution in [3.8, 4) is 0 Å². The van der Waals surface area contributed by atoms with Gasteiger partial charge in [-0.25, -0.2) is 0 Å². The van der Waals surface area contributed by atoms with Gasteiger partial charge in [-0.15, -0.1) is 0 Å². The van der Waals surface area contributed by atoms with Gasteiger partial charge in [-0.05, 0) is 13.8 Å². The third-order valence-electron chi connectivity index (χ3n) is 2.85. The zero-order valence-electron chi connectivity index (χ0n) is 10.4. The Labute approximate surface area is 105 Å². The Morgan fingerprint density at radius 3 is 2.89 bits per heavy atom. The van der Waals surface area contributed by atoms with Crippen LogP contribution in [-0.4, -0.2) is 45.5 Å². The van der Waals surface area contributed by atoms with Crippen LogP contribution in [-0.2, 0) is 16.0 Å². The Morgan fingerprint density at radius 2 is 2.33 bits per heavy atom. The topological polar surface area (TPSA) is 88.3 Å². The summed E-state index contributed by atoms with van der Waals surface area (Å²) in [5, 5.41) is 6.72. The van der Waals surface area contributed by atoms with Gasteiger partial charge in [-0.1, -0.05) is 5.16 Å². The monoisotopic (exact) mass is 252 g/mol. The van der Waals surface area contributed by atoms with Crippen LogP contribution in [0.4, 0.5) is 0 Å². The molecule has 98 valence electrons. The summed E-state index contributed by atoms with van der Waals surface area (Å²) in [6.45, 7) is 4.20. The van der Waals surface area contributed by atoms with Crippen molar-refractivity contribution in [3.05, 3.63) is 12.2 Å². The van der Waals surface area contributed by atoms with E-state index in [1.54, 1.807) is 0 Å². The first kappa shape index (κ1) is 12.7. The molecule has 18 heavy (non-hydrogen) atoms. The van der Waals surface area contributed by atoms with Crippen molar-refractivity contribution in [2.75, 3.05) is 6.54 Å². The molecule has 1 atom stereocenters. The summed E-state index contributed by atoms with van der Waals surface area (Å²) in [5.74, 6) is 0.315. The fourth-order valence-electron chi connectivity index (χ4n) is 2.01. The third-order valence-corrected chi connectivity index (χ3v) is 2.85. The Kier molecular flexibility index (Phi) is 3.71. The second-order valence-electron chi connectivity index (χ2n) is 4.50. The number of nitrogens with zero attached hydrogens (tertiary/aromatic N) is 3. The Balaban J connectivity index is 1.84. The normalized spacial score (nSPS) is 20.2. The van der Waals surface area contributed by atoms with Crippen LogP contribution in [0.3, 0.4) is 0 Å². The summed E-state index contributed by atoms with van der Waals surface area (Å²) in [6.07, 6.45) is 2.06. The number of imide groups is 1. The molecule has 0 aromatic carbocycles. The molecule has 1 fully saturated rings. The summed E-state index contributed by atoms with van der Waals surface area (Å²) in [5.41, 5.74) is 0. The quantitative estimate of drug-likeness (QED) is 0.726.